The van der Waals surface area contributed by atoms with Crippen molar-refractivity contribution in [2.75, 3.05) is 18.9 Å². The molecule has 0 rings (SSSR count). The normalized spacial score (nSPS) is 14.8. The van der Waals surface area contributed by atoms with Crippen molar-refractivity contribution in [3.63, 3.8) is 0 Å². The fourth-order valence-corrected chi connectivity index (χ4v) is 3.10. The third kappa shape index (κ3) is 8.76. The maximum Gasteiger partial charge on any atom is 0.306 e. The molecule has 0 aliphatic carbocycles. The minimum absolute atomic E-state index is 0.238. The predicted octanol–water partition coefficient (Wildman–Crippen LogP) is 2.67. The molecule has 0 saturated carbocycles. The summed E-state index contributed by atoms with van der Waals surface area (Å²) in [6, 6.07) is 0. The molecule has 2 atom stereocenters. The summed E-state index contributed by atoms with van der Waals surface area (Å²) in [7, 11) is -1.58. The minimum Gasteiger partial charge on any atom is -0.466 e. The fraction of sp³-hybridized carbons (Fsp3) is 0.889. The first kappa shape index (κ1) is 14.2. The van der Waals surface area contributed by atoms with Gasteiger partial charge in [-0.15, -0.1) is 0 Å². The van der Waals surface area contributed by atoms with E-state index < -0.39 is 7.80 Å². The minimum atomic E-state index is -1.58. The Balaban J connectivity index is 3.48. The number of ether oxygens (including phenoxy) is 1. The van der Waals surface area contributed by atoms with E-state index in [1.54, 1.807) is 6.92 Å². The first-order chi connectivity index (χ1) is 6.56. The number of hydrogen-bond donors (Lipinski definition) is 0. The topological polar surface area (TPSA) is 43.4 Å². The lowest BCUT2D eigenvalue weighted by atomic mass is 10.4. The molecule has 5 heteroatoms. The molecular formula is C9H18BrO3P. The first-order valence-electron chi connectivity index (χ1n) is 4.87. The lowest BCUT2D eigenvalue weighted by molar-refractivity contribution is -0.142. The Morgan fingerprint density at radius 1 is 1.50 bits per heavy atom. The summed E-state index contributed by atoms with van der Waals surface area (Å²) in [5.41, 5.74) is 0. The Morgan fingerprint density at radius 2 is 2.14 bits per heavy atom. The maximum atomic E-state index is 11.4. The van der Waals surface area contributed by atoms with Crippen molar-refractivity contribution < 1.29 is 14.1 Å². The Kier molecular flexibility index (Phi) is 8.59. The van der Waals surface area contributed by atoms with E-state index >= 15 is 0 Å². The predicted molar refractivity (Wildman–Crippen MR) is 63.0 cm³/mol. The number of carbonyl (C=O) groups excluding carboxylic acids is 1. The van der Waals surface area contributed by atoms with Gasteiger partial charge in [0.25, 0.3) is 0 Å². The second-order valence-electron chi connectivity index (χ2n) is 3.16. The van der Waals surface area contributed by atoms with E-state index in [1.807, 2.05) is 6.92 Å². The first-order valence-corrected chi connectivity index (χ1v) is 7.61. The van der Waals surface area contributed by atoms with Crippen molar-refractivity contribution in [3.05, 3.63) is 0 Å². The van der Waals surface area contributed by atoms with Crippen molar-refractivity contribution in [3.8, 4) is 0 Å². The quantitative estimate of drug-likeness (QED) is 0.410. The molecule has 0 aromatic rings. The van der Waals surface area contributed by atoms with Gasteiger partial charge in [0.2, 0.25) is 0 Å². The highest BCUT2D eigenvalue weighted by Crippen LogP contribution is 2.24. The largest absolute Gasteiger partial charge is 0.466 e. The summed E-state index contributed by atoms with van der Waals surface area (Å²) in [5, 5.41) is 0. The molecule has 0 aromatic carbocycles. The van der Waals surface area contributed by atoms with E-state index in [0.29, 0.717) is 24.0 Å². The van der Waals surface area contributed by atoms with Crippen molar-refractivity contribution in [1.29, 1.82) is 0 Å². The summed E-state index contributed by atoms with van der Waals surface area (Å²) in [5.74, 6) is -0.238. The zero-order valence-electron chi connectivity index (χ0n) is 8.72. The van der Waals surface area contributed by atoms with Gasteiger partial charge in [0.05, 0.1) is 20.8 Å². The average molecular weight is 285 g/mol. The van der Waals surface area contributed by atoms with Crippen LogP contribution in [0.2, 0.25) is 0 Å². The van der Waals surface area contributed by atoms with E-state index in [1.165, 1.54) is 0 Å². The van der Waals surface area contributed by atoms with Crippen LogP contribution in [0.25, 0.3) is 0 Å². The van der Waals surface area contributed by atoms with Gasteiger partial charge in [-0.1, -0.05) is 22.9 Å². The molecule has 0 aliphatic heterocycles. The zero-order valence-corrected chi connectivity index (χ0v) is 11.3. The van der Waals surface area contributed by atoms with Crippen LogP contribution in [0.4, 0.5) is 0 Å². The number of rotatable bonds is 7. The number of alkyl halides is 1. The molecule has 3 nitrogen and oxygen atoms in total. The summed E-state index contributed by atoms with van der Waals surface area (Å²) in [4.78, 5) is 11.3. The molecule has 0 bridgehead atoms. The van der Waals surface area contributed by atoms with Gasteiger partial charge in [-0.25, -0.2) is 0 Å². The van der Waals surface area contributed by atoms with Crippen LogP contribution in [0, 0.1) is 0 Å². The Labute approximate surface area is 94.5 Å². The van der Waals surface area contributed by atoms with Crippen molar-refractivity contribution in [1.82, 2.24) is 0 Å². The maximum absolute atomic E-state index is 11.4. The Hall–Kier alpha value is 0.180. The molecule has 0 aromatic heterocycles. The van der Waals surface area contributed by atoms with Crippen LogP contribution in [0.3, 0.4) is 0 Å². The fourth-order valence-electron chi connectivity index (χ4n) is 0.960. The van der Waals surface area contributed by atoms with Gasteiger partial charge >= 0.3 is 5.97 Å². The molecule has 0 fully saturated rings. The third-order valence-electron chi connectivity index (χ3n) is 1.73. The van der Waals surface area contributed by atoms with Crippen LogP contribution in [0.5, 0.6) is 0 Å². The number of hydrogen-bond acceptors (Lipinski definition) is 3. The average Bonchev–Trinajstić information content (AvgIpc) is 2.12. The molecule has 14 heavy (non-hydrogen) atoms. The highest BCUT2D eigenvalue weighted by atomic mass is 79.9. The van der Waals surface area contributed by atoms with E-state index in [9.17, 15) is 9.36 Å². The molecule has 0 saturated heterocycles. The Bertz CT molecular complexity index is 194. The van der Waals surface area contributed by atoms with Crippen LogP contribution in [0.15, 0.2) is 0 Å². The molecule has 0 radical (unpaired) electrons. The molecule has 0 spiro atoms. The second kappa shape index (κ2) is 8.49. The number of esters is 1. The Morgan fingerprint density at radius 3 is 2.64 bits per heavy atom. The number of carbonyl (C=O) groups is 1. The SMILES string of the molecule is CCOC(=O)CC[PH](=O)CCC(C)Br. The molecular weight excluding hydrogens is 267 g/mol. The third-order valence-corrected chi connectivity index (χ3v) is 3.85. The highest BCUT2D eigenvalue weighted by Gasteiger charge is 2.07. The standard InChI is InChI=1S/C9H18BrO3P/c1-3-13-9(11)5-7-14(12)6-4-8(2)10/h8,14H,3-7H2,1-2H3. The number of halogens is 1. The summed E-state index contributed by atoms with van der Waals surface area (Å²) in [6.45, 7) is 4.20. The molecule has 2 unspecified atom stereocenters. The molecule has 0 heterocycles. The van der Waals surface area contributed by atoms with Gasteiger partial charge in [-0.05, 0) is 19.5 Å². The van der Waals surface area contributed by atoms with E-state index in [2.05, 4.69) is 15.9 Å². The lowest BCUT2D eigenvalue weighted by Crippen LogP contribution is -2.05. The van der Waals surface area contributed by atoms with Gasteiger partial charge in [-0.2, -0.15) is 0 Å². The van der Waals surface area contributed by atoms with Gasteiger partial charge in [0.1, 0.15) is 0 Å². The van der Waals surface area contributed by atoms with Crippen LogP contribution >= 0.6 is 23.7 Å². The highest BCUT2D eigenvalue weighted by molar-refractivity contribution is 9.09. The summed E-state index contributed by atoms with van der Waals surface area (Å²) < 4.78 is 16.2. The molecule has 0 amide bonds. The lowest BCUT2D eigenvalue weighted by Gasteiger charge is -2.03. The molecule has 84 valence electrons. The van der Waals surface area contributed by atoms with Crippen LogP contribution in [-0.2, 0) is 14.1 Å². The summed E-state index contributed by atoms with van der Waals surface area (Å²) >= 11 is 3.39. The second-order valence-corrected chi connectivity index (χ2v) is 6.80. The van der Waals surface area contributed by atoms with Gasteiger partial charge < -0.3 is 9.30 Å². The smallest absolute Gasteiger partial charge is 0.306 e. The van der Waals surface area contributed by atoms with Crippen LogP contribution in [0.1, 0.15) is 26.7 Å². The van der Waals surface area contributed by atoms with E-state index in [-0.39, 0.29) is 5.97 Å². The van der Waals surface area contributed by atoms with Gasteiger partial charge in [-0.3, -0.25) is 4.79 Å². The van der Waals surface area contributed by atoms with Gasteiger partial charge in [0, 0.05) is 11.0 Å². The van der Waals surface area contributed by atoms with Crippen molar-refractivity contribution >= 4 is 29.7 Å². The van der Waals surface area contributed by atoms with E-state index in [0.717, 1.165) is 12.6 Å². The van der Waals surface area contributed by atoms with Crippen molar-refractivity contribution in [2.45, 2.75) is 31.5 Å². The zero-order chi connectivity index (χ0) is 11.0. The van der Waals surface area contributed by atoms with Crippen LogP contribution in [-0.4, -0.2) is 29.7 Å². The van der Waals surface area contributed by atoms with Crippen LogP contribution < -0.4 is 0 Å². The van der Waals surface area contributed by atoms with Gasteiger partial charge in [0.15, 0.2) is 0 Å². The monoisotopic (exact) mass is 284 g/mol. The summed E-state index contributed by atoms with van der Waals surface area (Å²) in [6.07, 6.45) is 2.41. The molecule has 0 N–H and O–H groups in total. The van der Waals surface area contributed by atoms with E-state index in [4.69, 9.17) is 4.74 Å². The molecule has 0 aliphatic rings. The van der Waals surface area contributed by atoms with Crippen molar-refractivity contribution in [2.24, 2.45) is 0 Å².